The van der Waals surface area contributed by atoms with Crippen LogP contribution in [0.15, 0.2) is 53.1 Å². The van der Waals surface area contributed by atoms with Crippen molar-refractivity contribution < 1.29 is 23.1 Å². The molecular weight excluding hydrogens is 608 g/mol. The highest BCUT2D eigenvalue weighted by molar-refractivity contribution is 7.90. The third kappa shape index (κ3) is 6.73. The quantitative estimate of drug-likeness (QED) is 0.326. The highest BCUT2D eigenvalue weighted by Crippen LogP contribution is 2.50. The summed E-state index contributed by atoms with van der Waals surface area (Å²) >= 11 is 6.44. The molecule has 7 nitrogen and oxygen atoms in total. The Kier molecular flexibility index (Phi) is 9.85. The first-order valence-corrected chi connectivity index (χ1v) is 18.2. The second kappa shape index (κ2) is 13.2. The zero-order chi connectivity index (χ0) is 32.6. The van der Waals surface area contributed by atoms with Gasteiger partial charge in [0.2, 0.25) is 10.0 Å². The minimum atomic E-state index is -3.94. The normalized spacial score (nSPS) is 34.8. The second-order valence-electron chi connectivity index (χ2n) is 13.6. The van der Waals surface area contributed by atoms with E-state index < -0.39 is 26.8 Å². The lowest BCUT2D eigenvalue weighted by atomic mass is 9.63. The van der Waals surface area contributed by atoms with E-state index in [0.717, 1.165) is 48.9 Å². The minimum absolute atomic E-state index is 0.0112. The summed E-state index contributed by atoms with van der Waals surface area (Å²) in [5.41, 5.74) is 1.61. The maximum Gasteiger partial charge on any atom is 0.264 e. The van der Waals surface area contributed by atoms with Gasteiger partial charge in [-0.15, -0.1) is 5.92 Å². The first-order chi connectivity index (χ1) is 21.3. The van der Waals surface area contributed by atoms with E-state index in [1.807, 2.05) is 26.0 Å². The molecule has 0 saturated heterocycles. The van der Waals surface area contributed by atoms with Gasteiger partial charge in [-0.25, -0.2) is 13.1 Å². The maximum absolute atomic E-state index is 13.4. The van der Waals surface area contributed by atoms with Gasteiger partial charge in [0.15, 0.2) is 0 Å². The molecule has 9 heteroatoms. The summed E-state index contributed by atoms with van der Waals surface area (Å²) in [6.07, 6.45) is 10.2. The molecule has 0 unspecified atom stereocenters. The van der Waals surface area contributed by atoms with E-state index in [1.54, 1.807) is 32.0 Å². The van der Waals surface area contributed by atoms with Crippen LogP contribution < -0.4 is 14.4 Å². The van der Waals surface area contributed by atoms with Gasteiger partial charge in [0.1, 0.15) is 11.4 Å². The molecule has 1 spiro atoms. The van der Waals surface area contributed by atoms with Gasteiger partial charge in [0, 0.05) is 35.0 Å². The zero-order valence-electron chi connectivity index (χ0n) is 27.0. The number of amides is 1. The molecule has 244 valence electrons. The molecule has 4 aliphatic rings. The van der Waals surface area contributed by atoms with Crippen molar-refractivity contribution in [1.29, 1.82) is 0 Å². The maximum atomic E-state index is 13.4. The minimum Gasteiger partial charge on any atom is -0.490 e. The number of aliphatic hydroxyl groups is 1. The number of carbonyl (C=O) groups is 1. The molecule has 0 aromatic heterocycles. The van der Waals surface area contributed by atoms with Crippen LogP contribution in [-0.2, 0) is 10.0 Å². The summed E-state index contributed by atoms with van der Waals surface area (Å²) < 4.78 is 35.5. The Hall–Kier alpha value is -2.73. The van der Waals surface area contributed by atoms with Gasteiger partial charge in [0.05, 0.1) is 17.5 Å². The number of rotatable bonds is 1. The van der Waals surface area contributed by atoms with Gasteiger partial charge in [-0.05, 0) is 119 Å². The Bertz CT molecular complexity index is 1570. The van der Waals surface area contributed by atoms with Crippen molar-refractivity contribution >= 4 is 33.2 Å². The summed E-state index contributed by atoms with van der Waals surface area (Å²) in [6, 6.07) is 5.16. The lowest BCUT2D eigenvalue weighted by Crippen LogP contribution is -2.52. The highest BCUT2D eigenvalue weighted by Gasteiger charge is 2.48. The summed E-state index contributed by atoms with van der Waals surface area (Å²) in [5, 5.41) is 11.9. The molecule has 2 fully saturated rings. The van der Waals surface area contributed by atoms with E-state index in [4.69, 9.17) is 16.3 Å². The number of anilines is 1. The number of ether oxygens (including phenoxy) is 1. The van der Waals surface area contributed by atoms with Crippen molar-refractivity contribution in [3.05, 3.63) is 58.7 Å². The largest absolute Gasteiger partial charge is 0.490 e. The van der Waals surface area contributed by atoms with E-state index in [1.165, 1.54) is 0 Å². The van der Waals surface area contributed by atoms with Gasteiger partial charge in [0.25, 0.3) is 5.91 Å². The molecule has 2 saturated carbocycles. The number of carbonyl (C=O) groups excluding carboxylic acids is 1. The van der Waals surface area contributed by atoms with Crippen molar-refractivity contribution in [2.45, 2.75) is 89.9 Å². The topological polar surface area (TPSA) is 95.9 Å². The van der Waals surface area contributed by atoms with Gasteiger partial charge < -0.3 is 14.7 Å². The second-order valence-corrected chi connectivity index (χ2v) is 16.1. The number of nitrogens with zero attached hydrogens (tertiary/aromatic N) is 1. The molecule has 2 aliphatic carbocycles. The van der Waals surface area contributed by atoms with Crippen molar-refractivity contribution in [3.63, 3.8) is 0 Å². The van der Waals surface area contributed by atoms with Crippen LogP contribution in [0.2, 0.25) is 0 Å². The number of allylic oxidation sites excluding steroid dienone is 4. The Balaban J connectivity index is 1.59. The number of benzene rings is 1. The van der Waals surface area contributed by atoms with E-state index in [2.05, 4.69) is 28.0 Å². The average Bonchev–Trinajstić information content (AvgIpc) is 3.13. The Morgan fingerprint density at radius 3 is 2.69 bits per heavy atom. The molecule has 2 heterocycles. The van der Waals surface area contributed by atoms with Crippen LogP contribution in [0.25, 0.3) is 0 Å². The van der Waals surface area contributed by atoms with Crippen molar-refractivity contribution in [2.75, 3.05) is 24.6 Å². The lowest BCUT2D eigenvalue weighted by Gasteiger charge is -2.48. The van der Waals surface area contributed by atoms with Crippen molar-refractivity contribution in [1.82, 2.24) is 4.72 Å². The predicted molar refractivity (Wildman–Crippen MR) is 181 cm³/mol. The highest BCUT2D eigenvalue weighted by atomic mass is 35.5. The molecule has 1 aromatic rings. The summed E-state index contributed by atoms with van der Waals surface area (Å²) in [5.74, 6) is 6.10. The van der Waals surface area contributed by atoms with Crippen LogP contribution in [0.5, 0.6) is 5.75 Å². The van der Waals surface area contributed by atoms with Gasteiger partial charge in [-0.1, -0.05) is 37.1 Å². The number of fused-ring (bicyclic) bond motifs is 2. The fraction of sp³-hybridized carbons (Fsp3) is 0.583. The van der Waals surface area contributed by atoms with Crippen LogP contribution in [-0.4, -0.2) is 50.0 Å². The fourth-order valence-electron chi connectivity index (χ4n) is 7.68. The van der Waals surface area contributed by atoms with Gasteiger partial charge in [-0.3, -0.25) is 4.79 Å². The van der Waals surface area contributed by atoms with E-state index in [0.29, 0.717) is 49.7 Å². The molecule has 1 amide bonds. The monoisotopic (exact) mass is 654 g/mol. The molecule has 45 heavy (non-hydrogen) atoms. The summed E-state index contributed by atoms with van der Waals surface area (Å²) in [7, 11) is -3.94. The molecule has 2 aliphatic heterocycles. The molecule has 2 bridgehead atoms. The van der Waals surface area contributed by atoms with Gasteiger partial charge in [-0.2, -0.15) is 0 Å². The first kappa shape index (κ1) is 33.6. The van der Waals surface area contributed by atoms with Crippen molar-refractivity contribution in [2.24, 2.45) is 23.2 Å². The molecule has 5 rings (SSSR count). The van der Waals surface area contributed by atoms with E-state index in [-0.39, 0.29) is 28.7 Å². The molecule has 0 radical (unpaired) electrons. The van der Waals surface area contributed by atoms with E-state index in [9.17, 15) is 18.3 Å². The smallest absolute Gasteiger partial charge is 0.264 e. The van der Waals surface area contributed by atoms with E-state index >= 15 is 0 Å². The molecule has 2 N–H and O–H groups in total. The number of nitrogens with one attached hydrogen (secondary N) is 1. The Labute approximate surface area is 274 Å². The average molecular weight is 655 g/mol. The Morgan fingerprint density at radius 2 is 2.00 bits per heavy atom. The van der Waals surface area contributed by atoms with Crippen LogP contribution in [0, 0.1) is 35.0 Å². The van der Waals surface area contributed by atoms with Crippen LogP contribution in [0.1, 0.15) is 89.4 Å². The molecule has 1 aromatic carbocycles. The molecule has 6 atom stereocenters. The van der Waals surface area contributed by atoms with Crippen LogP contribution in [0.3, 0.4) is 0 Å². The van der Waals surface area contributed by atoms with Gasteiger partial charge >= 0.3 is 0 Å². The zero-order valence-corrected chi connectivity index (χ0v) is 28.6. The third-order valence-electron chi connectivity index (χ3n) is 10.8. The number of hydrogen-bond acceptors (Lipinski definition) is 6. The Morgan fingerprint density at radius 1 is 1.22 bits per heavy atom. The number of hydrogen-bond donors (Lipinski definition) is 2. The first-order valence-electron chi connectivity index (χ1n) is 16.3. The SMILES string of the molecule is C=C1/C(=C\C(Cl)=C/C)CCC[C@]12COc1ccc3cc1N(C[C@@H]1CC[C@H]1[C@](O)(C#CC)CCC[C@H](C)[C@@H](C)S(=O)(=O)NC3=O)C2. The summed E-state index contributed by atoms with van der Waals surface area (Å²) in [6.45, 7) is 13.5. The third-order valence-corrected chi connectivity index (χ3v) is 13.1. The standard InChI is InChI=1S/C36H47ClN2O5S/c1-6-16-36(41)18-8-10-24(3)26(5)45(42,43)38-34(40)28-13-15-33-32(20-28)39(21-29-12-14-31(29)36)22-35(23-44-33)17-9-11-27(25(35)4)19-30(37)7-2/h7,13,15,19-20,24,26,29,31,41H,4,8-12,14,17-18,21-23H2,1-3,5H3,(H,38,40)/b27-19-,30-7+/t24-,26+,29-,31+,35-,36-/m0/s1. The lowest BCUT2D eigenvalue weighted by molar-refractivity contribution is -0.0449. The van der Waals surface area contributed by atoms with Crippen LogP contribution in [0.4, 0.5) is 5.69 Å². The van der Waals surface area contributed by atoms with Crippen molar-refractivity contribution in [3.8, 4) is 17.6 Å². The molecular formula is C36H47ClN2O5S. The predicted octanol–water partition coefficient (Wildman–Crippen LogP) is 6.73. The number of halogens is 1. The number of sulfonamides is 1. The van der Waals surface area contributed by atoms with Crippen LogP contribution >= 0.6 is 11.6 Å². The summed E-state index contributed by atoms with van der Waals surface area (Å²) in [4.78, 5) is 15.7. The fourth-order valence-corrected chi connectivity index (χ4v) is 9.12.